The standard InChI is InChI=1S/C14H20N2O3S/c1-2-7-16-8-5-10(6-9-16)15-13(17)11-3-4-12(20-11)14(18)19/h3-4,10H,2,5-9H2,1H3,(H,15,17)(H,18,19). The molecule has 0 aliphatic carbocycles. The Labute approximate surface area is 122 Å². The first-order valence-electron chi connectivity index (χ1n) is 6.96. The van der Waals surface area contributed by atoms with Gasteiger partial charge in [-0.3, -0.25) is 4.79 Å². The number of amides is 1. The van der Waals surface area contributed by atoms with Gasteiger partial charge in [-0.1, -0.05) is 6.92 Å². The number of hydrogen-bond donors (Lipinski definition) is 2. The van der Waals surface area contributed by atoms with Crippen molar-refractivity contribution in [3.8, 4) is 0 Å². The van der Waals surface area contributed by atoms with Gasteiger partial charge in [-0.25, -0.2) is 4.79 Å². The molecule has 2 N–H and O–H groups in total. The van der Waals surface area contributed by atoms with Crippen molar-refractivity contribution in [2.75, 3.05) is 19.6 Å². The van der Waals surface area contributed by atoms with E-state index in [1.807, 2.05) is 0 Å². The van der Waals surface area contributed by atoms with Crippen LogP contribution in [0.1, 0.15) is 45.5 Å². The van der Waals surface area contributed by atoms with E-state index in [1.165, 1.54) is 6.07 Å². The second-order valence-electron chi connectivity index (χ2n) is 5.06. The van der Waals surface area contributed by atoms with Crippen molar-refractivity contribution in [3.63, 3.8) is 0 Å². The van der Waals surface area contributed by atoms with E-state index in [4.69, 9.17) is 5.11 Å². The molecule has 0 spiro atoms. The molecule has 2 rings (SSSR count). The van der Waals surface area contributed by atoms with Gasteiger partial charge in [-0.05, 0) is 37.9 Å². The monoisotopic (exact) mass is 296 g/mol. The van der Waals surface area contributed by atoms with Gasteiger partial charge in [0, 0.05) is 19.1 Å². The lowest BCUT2D eigenvalue weighted by atomic mass is 10.0. The quantitative estimate of drug-likeness (QED) is 0.872. The summed E-state index contributed by atoms with van der Waals surface area (Å²) in [5.74, 6) is -1.14. The number of likely N-dealkylation sites (tertiary alicyclic amines) is 1. The van der Waals surface area contributed by atoms with Crippen molar-refractivity contribution in [1.82, 2.24) is 10.2 Å². The zero-order valence-electron chi connectivity index (χ0n) is 11.6. The number of nitrogens with one attached hydrogen (secondary N) is 1. The van der Waals surface area contributed by atoms with Gasteiger partial charge in [-0.15, -0.1) is 11.3 Å². The van der Waals surface area contributed by atoms with Crippen LogP contribution < -0.4 is 5.32 Å². The van der Waals surface area contributed by atoms with Crippen LogP contribution in [0.15, 0.2) is 12.1 Å². The highest BCUT2D eigenvalue weighted by Gasteiger charge is 2.21. The highest BCUT2D eigenvalue weighted by atomic mass is 32.1. The molecule has 0 atom stereocenters. The van der Waals surface area contributed by atoms with Crippen molar-refractivity contribution in [3.05, 3.63) is 21.9 Å². The molecule has 1 aromatic rings. The van der Waals surface area contributed by atoms with E-state index in [1.54, 1.807) is 6.07 Å². The van der Waals surface area contributed by atoms with Crippen molar-refractivity contribution in [2.45, 2.75) is 32.2 Å². The SMILES string of the molecule is CCCN1CCC(NC(=O)c2ccc(C(=O)O)s2)CC1. The summed E-state index contributed by atoms with van der Waals surface area (Å²) in [6.45, 7) is 5.32. The van der Waals surface area contributed by atoms with Gasteiger partial charge in [0.05, 0.1) is 4.88 Å². The molecule has 0 unspecified atom stereocenters. The molecule has 2 heterocycles. The van der Waals surface area contributed by atoms with E-state index in [0.717, 1.165) is 50.2 Å². The highest BCUT2D eigenvalue weighted by Crippen LogP contribution is 2.17. The largest absolute Gasteiger partial charge is 0.477 e. The molecule has 0 radical (unpaired) electrons. The van der Waals surface area contributed by atoms with Crippen molar-refractivity contribution in [2.24, 2.45) is 0 Å². The molecule has 1 aliphatic rings. The summed E-state index contributed by atoms with van der Waals surface area (Å²) < 4.78 is 0. The number of piperidine rings is 1. The number of aromatic carboxylic acids is 1. The molecule has 6 heteroatoms. The molecule has 1 fully saturated rings. The number of carboxylic acid groups (broad SMARTS) is 1. The molecule has 20 heavy (non-hydrogen) atoms. The van der Waals surface area contributed by atoms with Crippen LogP contribution in [0.2, 0.25) is 0 Å². The maximum atomic E-state index is 12.0. The first kappa shape index (κ1) is 15.0. The molecule has 0 bridgehead atoms. The predicted molar refractivity (Wildman–Crippen MR) is 78.5 cm³/mol. The van der Waals surface area contributed by atoms with Crippen LogP contribution in [0.4, 0.5) is 0 Å². The number of rotatable bonds is 5. The number of thiophene rings is 1. The summed E-state index contributed by atoms with van der Waals surface area (Å²) in [5, 5.41) is 11.9. The molecule has 0 saturated carbocycles. The Hall–Kier alpha value is -1.40. The third-order valence-corrected chi connectivity index (χ3v) is 4.58. The summed E-state index contributed by atoms with van der Waals surface area (Å²) >= 11 is 1.02. The fourth-order valence-electron chi connectivity index (χ4n) is 2.45. The lowest BCUT2D eigenvalue weighted by Crippen LogP contribution is -2.44. The van der Waals surface area contributed by atoms with Crippen molar-refractivity contribution < 1.29 is 14.7 Å². The summed E-state index contributed by atoms with van der Waals surface area (Å²) in [5.41, 5.74) is 0. The van der Waals surface area contributed by atoms with Crippen molar-refractivity contribution in [1.29, 1.82) is 0 Å². The number of nitrogens with zero attached hydrogens (tertiary/aromatic N) is 1. The Morgan fingerprint density at radius 3 is 2.55 bits per heavy atom. The van der Waals surface area contributed by atoms with E-state index >= 15 is 0 Å². The maximum Gasteiger partial charge on any atom is 0.345 e. The summed E-state index contributed by atoms with van der Waals surface area (Å²) in [6, 6.07) is 3.26. The van der Waals surface area contributed by atoms with Crippen LogP contribution in [0.25, 0.3) is 0 Å². The first-order valence-corrected chi connectivity index (χ1v) is 7.78. The van der Waals surface area contributed by atoms with Crippen LogP contribution in [0.5, 0.6) is 0 Å². The van der Waals surface area contributed by atoms with Gasteiger partial charge < -0.3 is 15.3 Å². The normalized spacial score (nSPS) is 17.1. The average molecular weight is 296 g/mol. The molecular weight excluding hydrogens is 276 g/mol. The smallest absolute Gasteiger partial charge is 0.345 e. The number of hydrogen-bond acceptors (Lipinski definition) is 4. The minimum atomic E-state index is -0.984. The first-order chi connectivity index (χ1) is 9.60. The fourth-order valence-corrected chi connectivity index (χ4v) is 3.20. The van der Waals surface area contributed by atoms with E-state index in [-0.39, 0.29) is 16.8 Å². The molecule has 1 saturated heterocycles. The van der Waals surface area contributed by atoms with E-state index < -0.39 is 5.97 Å². The average Bonchev–Trinajstić information content (AvgIpc) is 2.91. The summed E-state index contributed by atoms with van der Waals surface area (Å²) in [6.07, 6.45) is 3.08. The second-order valence-corrected chi connectivity index (χ2v) is 6.14. The molecule has 1 aliphatic heterocycles. The zero-order valence-corrected chi connectivity index (χ0v) is 12.4. The third-order valence-electron chi connectivity index (χ3n) is 3.50. The van der Waals surface area contributed by atoms with Gasteiger partial charge in [0.15, 0.2) is 0 Å². The predicted octanol–water partition coefficient (Wildman–Crippen LogP) is 2.05. The lowest BCUT2D eigenvalue weighted by Gasteiger charge is -2.31. The van der Waals surface area contributed by atoms with Crippen LogP contribution in [-0.2, 0) is 0 Å². The molecule has 110 valence electrons. The topological polar surface area (TPSA) is 69.6 Å². The maximum absolute atomic E-state index is 12.0. The van der Waals surface area contributed by atoms with Gasteiger partial charge in [0.1, 0.15) is 4.88 Å². The Balaban J connectivity index is 1.84. The summed E-state index contributed by atoms with van der Waals surface area (Å²) in [7, 11) is 0. The third kappa shape index (κ3) is 3.80. The van der Waals surface area contributed by atoms with E-state index in [0.29, 0.717) is 4.88 Å². The molecule has 1 amide bonds. The van der Waals surface area contributed by atoms with Crippen LogP contribution in [0, 0.1) is 0 Å². The van der Waals surface area contributed by atoms with Crippen LogP contribution in [-0.4, -0.2) is 47.6 Å². The minimum Gasteiger partial charge on any atom is -0.477 e. The molecule has 5 nitrogen and oxygen atoms in total. The Bertz CT molecular complexity index is 479. The Kier molecular flexibility index (Phi) is 5.14. The second kappa shape index (κ2) is 6.85. The zero-order chi connectivity index (χ0) is 14.5. The van der Waals surface area contributed by atoms with E-state index in [2.05, 4.69) is 17.1 Å². The highest BCUT2D eigenvalue weighted by molar-refractivity contribution is 7.15. The van der Waals surface area contributed by atoms with Crippen molar-refractivity contribution >= 4 is 23.2 Å². The lowest BCUT2D eigenvalue weighted by molar-refractivity contribution is 0.0702. The van der Waals surface area contributed by atoms with Gasteiger partial charge >= 0.3 is 5.97 Å². The fraction of sp³-hybridized carbons (Fsp3) is 0.571. The van der Waals surface area contributed by atoms with Gasteiger partial charge in [0.25, 0.3) is 5.91 Å². The van der Waals surface area contributed by atoms with E-state index in [9.17, 15) is 9.59 Å². The summed E-state index contributed by atoms with van der Waals surface area (Å²) in [4.78, 5) is 25.9. The molecule has 1 aromatic heterocycles. The number of carbonyl (C=O) groups is 2. The molecule has 0 aromatic carbocycles. The Morgan fingerprint density at radius 1 is 1.35 bits per heavy atom. The number of carbonyl (C=O) groups excluding carboxylic acids is 1. The van der Waals surface area contributed by atoms with Gasteiger partial charge in [-0.2, -0.15) is 0 Å². The minimum absolute atomic E-state index is 0.156. The molecular formula is C14H20N2O3S. The van der Waals surface area contributed by atoms with Gasteiger partial charge in [0.2, 0.25) is 0 Å². The van der Waals surface area contributed by atoms with Crippen LogP contribution in [0.3, 0.4) is 0 Å². The Morgan fingerprint density at radius 2 is 2.00 bits per heavy atom. The number of carboxylic acids is 1. The van der Waals surface area contributed by atoms with Crippen LogP contribution >= 0.6 is 11.3 Å².